The van der Waals surface area contributed by atoms with Crippen LogP contribution in [0.2, 0.25) is 0 Å². The molecule has 0 N–H and O–H groups in total. The Hall–Kier alpha value is -0.640. The molecule has 10 heteroatoms. The first-order valence-corrected chi connectivity index (χ1v) is 10.9. The van der Waals surface area contributed by atoms with Gasteiger partial charge in [0.15, 0.2) is 5.41 Å². The minimum atomic E-state index is -5.32. The summed E-state index contributed by atoms with van der Waals surface area (Å²) < 4.78 is 96.7. The third kappa shape index (κ3) is 6.68. The molecule has 0 atom stereocenters. The molecule has 0 aromatic carbocycles. The van der Waals surface area contributed by atoms with Gasteiger partial charge in [0.1, 0.15) is 0 Å². The first kappa shape index (κ1) is 30.4. The molecular weight excluding hydrogens is 436 g/mol. The summed E-state index contributed by atoms with van der Waals surface area (Å²) in [6.07, 6.45) is -8.92. The van der Waals surface area contributed by atoms with Gasteiger partial charge >= 0.3 is 12.4 Å². The molecule has 2 saturated carbocycles. The summed E-state index contributed by atoms with van der Waals surface area (Å²) in [5, 5.41) is 0. The van der Waals surface area contributed by atoms with E-state index in [1.54, 1.807) is 0 Å². The maximum atomic E-state index is 14.3. The van der Waals surface area contributed by atoms with Crippen molar-refractivity contribution in [1.29, 1.82) is 0 Å². The van der Waals surface area contributed by atoms with E-state index in [1.807, 2.05) is 13.8 Å². The Morgan fingerprint density at radius 3 is 1.10 bits per heavy atom. The topological polar surface area (TPSA) is 18.5 Å². The summed E-state index contributed by atoms with van der Waals surface area (Å²) in [6.45, 7) is 4.82. The van der Waals surface area contributed by atoms with E-state index in [0.717, 1.165) is 12.8 Å². The monoisotopic (exact) mass is 472 g/mol. The minimum Gasteiger partial charge on any atom is -0.378 e. The Morgan fingerprint density at radius 2 is 0.871 bits per heavy atom. The molecule has 0 aromatic heterocycles. The SMILES string of the molecule is CCCOC1CCC(C(C2CCC(OCCC)CC2)(C(F)(F)F)C(F)(F)F)CC1.F.F. The van der Waals surface area contributed by atoms with Crippen LogP contribution < -0.4 is 0 Å². The largest absolute Gasteiger partial charge is 0.403 e. The molecule has 2 rings (SSSR count). The Balaban J connectivity index is 0.00000450. The third-order valence-corrected chi connectivity index (χ3v) is 6.69. The second-order valence-electron chi connectivity index (χ2n) is 8.55. The van der Waals surface area contributed by atoms with Gasteiger partial charge in [0.2, 0.25) is 0 Å². The average Bonchev–Trinajstić information content (AvgIpc) is 2.65. The number of rotatable bonds is 8. The zero-order valence-electron chi connectivity index (χ0n) is 18.2. The lowest BCUT2D eigenvalue weighted by Gasteiger charge is -2.51. The molecular formula is C21H36F8O2. The molecule has 188 valence electrons. The van der Waals surface area contributed by atoms with E-state index in [4.69, 9.17) is 9.47 Å². The molecule has 2 nitrogen and oxygen atoms in total. The van der Waals surface area contributed by atoms with Gasteiger partial charge in [-0.05, 0) is 76.0 Å². The highest BCUT2D eigenvalue weighted by molar-refractivity contribution is 5.05. The quantitative estimate of drug-likeness (QED) is 0.343. The molecule has 2 fully saturated rings. The smallest absolute Gasteiger partial charge is 0.378 e. The summed E-state index contributed by atoms with van der Waals surface area (Å²) in [5.74, 6) is -2.89. The van der Waals surface area contributed by atoms with Crippen LogP contribution >= 0.6 is 0 Å². The second kappa shape index (κ2) is 12.6. The van der Waals surface area contributed by atoms with Gasteiger partial charge in [-0.2, -0.15) is 26.3 Å². The van der Waals surface area contributed by atoms with E-state index in [2.05, 4.69) is 0 Å². The fourth-order valence-corrected chi connectivity index (χ4v) is 5.36. The van der Waals surface area contributed by atoms with Crippen LogP contribution in [-0.4, -0.2) is 37.8 Å². The normalized spacial score (nSPS) is 27.9. The molecule has 0 aliphatic heterocycles. The molecule has 0 spiro atoms. The van der Waals surface area contributed by atoms with Gasteiger partial charge in [0, 0.05) is 13.2 Å². The van der Waals surface area contributed by atoms with Crippen molar-refractivity contribution in [1.82, 2.24) is 0 Å². The molecule has 0 radical (unpaired) electrons. The number of halogens is 8. The lowest BCUT2D eigenvalue weighted by molar-refractivity contribution is -0.383. The van der Waals surface area contributed by atoms with Crippen molar-refractivity contribution in [3.63, 3.8) is 0 Å². The predicted octanol–water partition coefficient (Wildman–Crippen LogP) is 7.37. The highest BCUT2D eigenvalue weighted by Gasteiger charge is 2.76. The van der Waals surface area contributed by atoms with Gasteiger partial charge in [0.25, 0.3) is 0 Å². The summed E-state index contributed by atoms with van der Waals surface area (Å²) in [7, 11) is 0. The van der Waals surface area contributed by atoms with Crippen molar-refractivity contribution >= 4 is 0 Å². The molecule has 0 bridgehead atoms. The van der Waals surface area contributed by atoms with E-state index in [0.29, 0.717) is 13.2 Å². The van der Waals surface area contributed by atoms with Crippen molar-refractivity contribution < 1.29 is 45.2 Å². The Kier molecular flexibility index (Phi) is 12.3. The molecule has 0 saturated heterocycles. The minimum absolute atomic E-state index is 0. The molecule has 0 heterocycles. The third-order valence-electron chi connectivity index (χ3n) is 6.69. The number of alkyl halides is 6. The van der Waals surface area contributed by atoms with E-state index < -0.39 is 29.6 Å². The van der Waals surface area contributed by atoms with Gasteiger partial charge in [-0.3, -0.25) is 9.41 Å². The molecule has 0 unspecified atom stereocenters. The van der Waals surface area contributed by atoms with E-state index in [9.17, 15) is 26.3 Å². The molecule has 0 aromatic rings. The first-order valence-electron chi connectivity index (χ1n) is 10.9. The van der Waals surface area contributed by atoms with Crippen LogP contribution in [0.4, 0.5) is 35.8 Å². The van der Waals surface area contributed by atoms with Crippen LogP contribution in [0.1, 0.15) is 78.1 Å². The summed E-state index contributed by atoms with van der Waals surface area (Å²) in [6, 6.07) is 0. The maximum absolute atomic E-state index is 14.3. The van der Waals surface area contributed by atoms with Crippen molar-refractivity contribution in [2.75, 3.05) is 13.2 Å². The van der Waals surface area contributed by atoms with Crippen molar-refractivity contribution in [3.8, 4) is 0 Å². The van der Waals surface area contributed by atoms with Crippen LogP contribution in [-0.2, 0) is 9.47 Å². The van der Waals surface area contributed by atoms with Crippen molar-refractivity contribution in [2.24, 2.45) is 17.3 Å². The molecule has 31 heavy (non-hydrogen) atoms. The lowest BCUT2D eigenvalue weighted by atomic mass is 9.57. The second-order valence-corrected chi connectivity index (χ2v) is 8.55. The standard InChI is InChI=1S/C21H34F6O2.2FH/c1-3-13-28-17-9-5-15(6-10-17)19(20(22,23)24,21(25,26)27)16-7-11-18(12-8-16)29-14-4-2;;/h15-18H,3-14H2,1-2H3;2*1H. The summed E-state index contributed by atoms with van der Waals surface area (Å²) >= 11 is 0. The van der Waals surface area contributed by atoms with Crippen LogP contribution in [0.15, 0.2) is 0 Å². The Labute approximate surface area is 179 Å². The van der Waals surface area contributed by atoms with Gasteiger partial charge in [-0.15, -0.1) is 0 Å². The Bertz CT molecular complexity index is 435. The maximum Gasteiger partial charge on any atom is 0.403 e. The predicted molar refractivity (Wildman–Crippen MR) is 104 cm³/mol. The number of hydrogen-bond donors (Lipinski definition) is 0. The number of hydrogen-bond acceptors (Lipinski definition) is 2. The van der Waals surface area contributed by atoms with Gasteiger partial charge < -0.3 is 9.47 Å². The van der Waals surface area contributed by atoms with Crippen LogP contribution in [0.3, 0.4) is 0 Å². The highest BCUT2D eigenvalue weighted by Crippen LogP contribution is 2.64. The van der Waals surface area contributed by atoms with E-state index in [-0.39, 0.29) is 73.0 Å². The average molecular weight is 473 g/mol. The fourth-order valence-electron chi connectivity index (χ4n) is 5.36. The molecule has 2 aliphatic carbocycles. The fraction of sp³-hybridized carbons (Fsp3) is 1.00. The molecule has 0 amide bonds. The van der Waals surface area contributed by atoms with E-state index >= 15 is 0 Å². The van der Waals surface area contributed by atoms with Gasteiger partial charge in [-0.25, -0.2) is 0 Å². The summed E-state index contributed by atoms with van der Waals surface area (Å²) in [4.78, 5) is 0. The number of ether oxygens (including phenoxy) is 2. The van der Waals surface area contributed by atoms with Crippen molar-refractivity contribution in [3.05, 3.63) is 0 Å². The Morgan fingerprint density at radius 1 is 0.581 bits per heavy atom. The lowest BCUT2D eigenvalue weighted by Crippen LogP contribution is -2.61. The molecule has 2 aliphatic rings. The van der Waals surface area contributed by atoms with Crippen LogP contribution in [0, 0.1) is 17.3 Å². The van der Waals surface area contributed by atoms with Gasteiger partial charge in [0.05, 0.1) is 12.2 Å². The zero-order chi connectivity index (χ0) is 21.7. The van der Waals surface area contributed by atoms with Crippen LogP contribution in [0.5, 0.6) is 0 Å². The first-order chi connectivity index (χ1) is 13.6. The van der Waals surface area contributed by atoms with Crippen molar-refractivity contribution in [2.45, 2.75) is 103 Å². The summed E-state index contributed by atoms with van der Waals surface area (Å²) in [5.41, 5.74) is -3.63. The highest BCUT2D eigenvalue weighted by atomic mass is 19.4. The van der Waals surface area contributed by atoms with Gasteiger partial charge in [-0.1, -0.05) is 13.8 Å². The van der Waals surface area contributed by atoms with E-state index in [1.165, 1.54) is 0 Å². The zero-order valence-corrected chi connectivity index (χ0v) is 18.2. The van der Waals surface area contributed by atoms with Crippen LogP contribution in [0.25, 0.3) is 0 Å².